The molecule has 0 unspecified atom stereocenters. The van der Waals surface area contributed by atoms with Gasteiger partial charge >= 0.3 is 6.03 Å². The third-order valence-corrected chi connectivity index (χ3v) is 6.85. The number of piperidine rings is 1. The van der Waals surface area contributed by atoms with Crippen molar-refractivity contribution in [3.8, 4) is 0 Å². The number of nitrogens with one attached hydrogen (secondary N) is 1. The summed E-state index contributed by atoms with van der Waals surface area (Å²) in [4.78, 5) is 17.1. The van der Waals surface area contributed by atoms with Crippen LogP contribution in [0.5, 0.6) is 0 Å². The van der Waals surface area contributed by atoms with E-state index in [1.807, 2.05) is 23.4 Å². The molecule has 0 saturated carbocycles. The summed E-state index contributed by atoms with van der Waals surface area (Å²) < 4.78 is 1.98. The van der Waals surface area contributed by atoms with Gasteiger partial charge in [-0.2, -0.15) is 0 Å². The number of likely N-dealkylation sites (tertiary alicyclic amines) is 1. The summed E-state index contributed by atoms with van der Waals surface area (Å²) in [5.41, 5.74) is 8.53. The average Bonchev–Trinajstić information content (AvgIpc) is 3.01. The first kappa shape index (κ1) is 19.3. The van der Waals surface area contributed by atoms with Gasteiger partial charge in [0, 0.05) is 36.6 Å². The molecule has 152 valence electrons. The van der Waals surface area contributed by atoms with Crippen molar-refractivity contribution in [2.24, 2.45) is 0 Å². The molecule has 1 aliphatic heterocycles. The van der Waals surface area contributed by atoms with Crippen LogP contribution < -0.4 is 5.43 Å². The lowest BCUT2D eigenvalue weighted by Gasteiger charge is -2.42. The number of hydrogen-bond acceptors (Lipinski definition) is 2. The van der Waals surface area contributed by atoms with Crippen molar-refractivity contribution in [3.63, 3.8) is 0 Å². The molecule has 2 aliphatic rings. The summed E-state index contributed by atoms with van der Waals surface area (Å²) >= 11 is 0. The van der Waals surface area contributed by atoms with E-state index in [1.165, 1.54) is 41.5 Å². The number of benzene rings is 1. The van der Waals surface area contributed by atoms with Crippen LogP contribution in [0, 0.1) is 0 Å². The number of carbonyl (C=O) groups is 1. The first-order valence-electron chi connectivity index (χ1n) is 10.9. The molecular weight excluding hydrogens is 348 g/mol. The number of amides is 2. The van der Waals surface area contributed by atoms with Gasteiger partial charge in [0.2, 0.25) is 0 Å². The van der Waals surface area contributed by atoms with E-state index in [4.69, 9.17) is 0 Å². The minimum absolute atomic E-state index is 0.0290. The standard InChI is InChI=1S/C23H34N4O/c1-6-26(7-2)23(28)24-27-14-17-13-20-18(9-8-10-25(20)5)19-11-16(15(3)4)12-21(27)22(17)19/h11-12,14-15,18,20H,6-10,13H2,1-5H3,(H,24,28)/t18-,20-/m1/s1. The molecule has 2 heterocycles. The summed E-state index contributed by atoms with van der Waals surface area (Å²) in [5, 5.41) is 1.38. The molecule has 1 aromatic carbocycles. The van der Waals surface area contributed by atoms with Crippen molar-refractivity contribution in [1.29, 1.82) is 0 Å². The molecule has 2 aromatic rings. The Morgan fingerprint density at radius 3 is 2.71 bits per heavy atom. The second-order valence-electron chi connectivity index (χ2n) is 8.77. The topological polar surface area (TPSA) is 40.5 Å². The first-order chi connectivity index (χ1) is 13.4. The van der Waals surface area contributed by atoms with Crippen molar-refractivity contribution < 1.29 is 4.79 Å². The lowest BCUT2D eigenvalue weighted by Crippen LogP contribution is -2.44. The number of carbonyl (C=O) groups excluding carboxylic acids is 1. The third-order valence-electron chi connectivity index (χ3n) is 6.85. The average molecular weight is 383 g/mol. The van der Waals surface area contributed by atoms with Gasteiger partial charge in [-0.25, -0.2) is 10.2 Å². The molecule has 28 heavy (non-hydrogen) atoms. The molecule has 0 spiro atoms. The highest BCUT2D eigenvalue weighted by atomic mass is 16.2. The number of rotatable bonds is 4. The van der Waals surface area contributed by atoms with E-state index in [-0.39, 0.29) is 6.03 Å². The Balaban J connectivity index is 1.83. The van der Waals surface area contributed by atoms with E-state index in [0.29, 0.717) is 31.0 Å². The molecule has 5 nitrogen and oxygen atoms in total. The third kappa shape index (κ3) is 3.10. The van der Waals surface area contributed by atoms with Crippen LogP contribution in [0.3, 0.4) is 0 Å². The minimum atomic E-state index is -0.0290. The van der Waals surface area contributed by atoms with Crippen LogP contribution in [0.15, 0.2) is 18.3 Å². The summed E-state index contributed by atoms with van der Waals surface area (Å²) in [6.07, 6.45) is 5.76. The summed E-state index contributed by atoms with van der Waals surface area (Å²) in [6.45, 7) is 11.2. The lowest BCUT2D eigenvalue weighted by molar-refractivity contribution is 0.157. The van der Waals surface area contributed by atoms with Crippen molar-refractivity contribution in [2.45, 2.75) is 64.8 Å². The van der Waals surface area contributed by atoms with Gasteiger partial charge in [0.1, 0.15) is 0 Å². The molecule has 0 radical (unpaired) electrons. The lowest BCUT2D eigenvalue weighted by atomic mass is 9.74. The molecule has 2 amide bonds. The predicted octanol–water partition coefficient (Wildman–Crippen LogP) is 4.50. The SMILES string of the molecule is CCN(CC)C(=O)Nn1cc2c3c(cc(C(C)C)cc31)[C@H]1CCCN(C)[C@@H]1C2. The van der Waals surface area contributed by atoms with Gasteiger partial charge in [-0.05, 0) is 75.4 Å². The van der Waals surface area contributed by atoms with Crippen molar-refractivity contribution in [1.82, 2.24) is 14.5 Å². The molecule has 1 saturated heterocycles. The zero-order chi connectivity index (χ0) is 20.0. The molecule has 0 bridgehead atoms. The highest BCUT2D eigenvalue weighted by Gasteiger charge is 2.37. The quantitative estimate of drug-likeness (QED) is 0.845. The van der Waals surface area contributed by atoms with Crippen LogP contribution in [0.25, 0.3) is 10.9 Å². The fraction of sp³-hybridized carbons (Fsp3) is 0.609. The van der Waals surface area contributed by atoms with Gasteiger partial charge in [0.25, 0.3) is 0 Å². The minimum Gasteiger partial charge on any atom is -0.324 e. The number of hydrogen-bond donors (Lipinski definition) is 1. The Morgan fingerprint density at radius 2 is 2.04 bits per heavy atom. The van der Waals surface area contributed by atoms with Crippen LogP contribution in [-0.2, 0) is 6.42 Å². The monoisotopic (exact) mass is 382 g/mol. The van der Waals surface area contributed by atoms with E-state index >= 15 is 0 Å². The van der Waals surface area contributed by atoms with Crippen LogP contribution in [0.2, 0.25) is 0 Å². The molecular formula is C23H34N4O. The van der Waals surface area contributed by atoms with E-state index in [0.717, 1.165) is 11.9 Å². The van der Waals surface area contributed by atoms with Gasteiger partial charge in [0.05, 0.1) is 5.52 Å². The summed E-state index contributed by atoms with van der Waals surface area (Å²) in [6, 6.07) is 5.27. The maximum absolute atomic E-state index is 12.7. The summed E-state index contributed by atoms with van der Waals surface area (Å²) in [7, 11) is 2.27. The second kappa shape index (κ2) is 7.43. The smallest absolute Gasteiger partial charge is 0.324 e. The molecule has 1 fully saturated rings. The van der Waals surface area contributed by atoms with Crippen LogP contribution in [0.4, 0.5) is 4.79 Å². The Hall–Kier alpha value is -2.01. The first-order valence-corrected chi connectivity index (χ1v) is 10.9. The van der Waals surface area contributed by atoms with Gasteiger partial charge in [-0.1, -0.05) is 19.9 Å². The fourth-order valence-corrected chi connectivity index (χ4v) is 5.17. The zero-order valence-corrected chi connectivity index (χ0v) is 18.0. The Morgan fingerprint density at radius 1 is 1.29 bits per heavy atom. The Labute approximate surface area is 168 Å². The van der Waals surface area contributed by atoms with E-state index in [1.54, 1.807) is 0 Å². The summed E-state index contributed by atoms with van der Waals surface area (Å²) in [5.74, 6) is 1.06. The van der Waals surface area contributed by atoms with Crippen LogP contribution in [0.1, 0.15) is 69.1 Å². The highest BCUT2D eigenvalue weighted by Crippen LogP contribution is 2.44. The predicted molar refractivity (Wildman–Crippen MR) is 116 cm³/mol. The van der Waals surface area contributed by atoms with E-state index < -0.39 is 0 Å². The van der Waals surface area contributed by atoms with Crippen molar-refractivity contribution >= 4 is 16.9 Å². The van der Waals surface area contributed by atoms with Gasteiger partial charge in [-0.3, -0.25) is 4.68 Å². The van der Waals surface area contributed by atoms with E-state index in [9.17, 15) is 4.79 Å². The molecule has 1 N–H and O–H groups in total. The number of likely N-dealkylation sites (N-methyl/N-ethyl adjacent to an activating group) is 1. The van der Waals surface area contributed by atoms with Gasteiger partial charge in [0.15, 0.2) is 0 Å². The maximum Gasteiger partial charge on any atom is 0.336 e. The van der Waals surface area contributed by atoms with Crippen molar-refractivity contribution in [3.05, 3.63) is 35.0 Å². The van der Waals surface area contributed by atoms with Gasteiger partial charge in [-0.15, -0.1) is 0 Å². The number of fused-ring (bicyclic) bond motifs is 2. The molecule has 4 rings (SSSR count). The largest absolute Gasteiger partial charge is 0.336 e. The molecule has 5 heteroatoms. The maximum atomic E-state index is 12.7. The zero-order valence-electron chi connectivity index (χ0n) is 18.0. The number of nitrogens with zero attached hydrogens (tertiary/aromatic N) is 3. The molecule has 1 aliphatic carbocycles. The fourth-order valence-electron chi connectivity index (χ4n) is 5.17. The van der Waals surface area contributed by atoms with Crippen LogP contribution in [-0.4, -0.2) is 53.2 Å². The highest BCUT2D eigenvalue weighted by molar-refractivity contribution is 5.92. The van der Waals surface area contributed by atoms with Gasteiger partial charge < -0.3 is 9.80 Å². The molecule has 2 atom stereocenters. The molecule has 1 aromatic heterocycles. The normalized spacial score (nSPS) is 21.8. The number of aromatic nitrogens is 1. The second-order valence-corrected chi connectivity index (χ2v) is 8.77. The Kier molecular flexibility index (Phi) is 5.13. The van der Waals surface area contributed by atoms with E-state index in [2.05, 4.69) is 49.6 Å². The number of urea groups is 1. The van der Waals surface area contributed by atoms with Crippen LogP contribution >= 0.6 is 0 Å². The van der Waals surface area contributed by atoms with Crippen molar-refractivity contribution in [2.75, 3.05) is 32.1 Å². The Bertz CT molecular complexity index is 880.